The van der Waals surface area contributed by atoms with Crippen molar-refractivity contribution in [3.63, 3.8) is 0 Å². The lowest BCUT2D eigenvalue weighted by Crippen LogP contribution is -2.39. The van der Waals surface area contributed by atoms with Crippen LogP contribution in [0, 0.1) is 0 Å². The number of nitrogens with zero attached hydrogens (tertiary/aromatic N) is 1. The topological polar surface area (TPSA) is 20.3 Å². The van der Waals surface area contributed by atoms with E-state index >= 15 is 0 Å². The van der Waals surface area contributed by atoms with Crippen molar-refractivity contribution in [3.05, 3.63) is 28.8 Å². The lowest BCUT2D eigenvalue weighted by molar-refractivity contribution is 0.112. The van der Waals surface area contributed by atoms with Crippen LogP contribution in [0.25, 0.3) is 0 Å². The summed E-state index contributed by atoms with van der Waals surface area (Å²) in [5.74, 6) is 0. The van der Waals surface area contributed by atoms with Crippen LogP contribution in [0.3, 0.4) is 0 Å². The number of halogens is 1. The molecular weight excluding hydrogens is 234 g/mol. The third kappa shape index (κ3) is 2.63. The Hall–Kier alpha value is -1.02. The Kier molecular flexibility index (Phi) is 4.06. The monoisotopic (exact) mass is 251 g/mol. The first kappa shape index (κ1) is 12.4. The summed E-state index contributed by atoms with van der Waals surface area (Å²) in [5, 5.41) is 0.554. The first-order chi connectivity index (χ1) is 8.26. The maximum Gasteiger partial charge on any atom is 0.151 e. The average molecular weight is 252 g/mol. The van der Waals surface area contributed by atoms with E-state index < -0.39 is 0 Å². The Balaban J connectivity index is 2.25. The Morgan fingerprint density at radius 3 is 2.94 bits per heavy atom. The maximum absolute atomic E-state index is 10.7. The molecule has 1 atom stereocenters. The van der Waals surface area contributed by atoms with Crippen LogP contribution in [0.2, 0.25) is 5.02 Å². The molecule has 0 aliphatic carbocycles. The van der Waals surface area contributed by atoms with Gasteiger partial charge in [-0.1, -0.05) is 18.5 Å². The van der Waals surface area contributed by atoms with Gasteiger partial charge in [-0.25, -0.2) is 0 Å². The van der Waals surface area contributed by atoms with Crippen molar-refractivity contribution >= 4 is 23.6 Å². The summed E-state index contributed by atoms with van der Waals surface area (Å²) in [6.45, 7) is 3.32. The van der Waals surface area contributed by atoms with E-state index in [2.05, 4.69) is 11.8 Å². The van der Waals surface area contributed by atoms with E-state index in [0.717, 1.165) is 24.9 Å². The average Bonchev–Trinajstić information content (AvgIpc) is 2.38. The first-order valence-corrected chi connectivity index (χ1v) is 6.65. The minimum atomic E-state index is 0.554. The molecule has 2 nitrogen and oxygen atoms in total. The van der Waals surface area contributed by atoms with Gasteiger partial charge < -0.3 is 4.90 Å². The van der Waals surface area contributed by atoms with Gasteiger partial charge in [-0.2, -0.15) is 0 Å². The Bertz CT molecular complexity index is 405. The quantitative estimate of drug-likeness (QED) is 0.759. The minimum absolute atomic E-state index is 0.554. The number of hydrogen-bond acceptors (Lipinski definition) is 2. The number of piperidine rings is 1. The van der Waals surface area contributed by atoms with Crippen LogP contribution in [-0.2, 0) is 0 Å². The molecule has 1 fully saturated rings. The van der Waals surface area contributed by atoms with Crippen molar-refractivity contribution in [2.45, 2.75) is 38.6 Å². The third-order valence-electron chi connectivity index (χ3n) is 3.54. The molecule has 1 aromatic carbocycles. The third-order valence-corrected chi connectivity index (χ3v) is 3.87. The number of rotatable bonds is 3. The van der Waals surface area contributed by atoms with Crippen molar-refractivity contribution in [3.8, 4) is 0 Å². The molecular formula is C14H18ClNO. The molecule has 1 saturated heterocycles. The van der Waals surface area contributed by atoms with Crippen LogP contribution in [-0.4, -0.2) is 18.9 Å². The molecule has 1 aromatic rings. The van der Waals surface area contributed by atoms with Crippen molar-refractivity contribution in [2.75, 3.05) is 11.4 Å². The van der Waals surface area contributed by atoms with Gasteiger partial charge in [0.05, 0.1) is 5.02 Å². The van der Waals surface area contributed by atoms with Crippen molar-refractivity contribution < 1.29 is 4.79 Å². The standard InChI is InChI=1S/C14H18ClNO/c1-2-12-5-3-4-8-16(12)13-7-6-11(10-17)14(15)9-13/h6-7,9-10,12H,2-5,8H2,1H3. The van der Waals surface area contributed by atoms with E-state index in [1.807, 2.05) is 18.2 Å². The molecule has 0 aromatic heterocycles. The van der Waals surface area contributed by atoms with Gasteiger partial charge in [-0.15, -0.1) is 0 Å². The summed E-state index contributed by atoms with van der Waals surface area (Å²) in [6, 6.07) is 6.34. The zero-order chi connectivity index (χ0) is 12.3. The maximum atomic E-state index is 10.7. The van der Waals surface area contributed by atoms with Gasteiger partial charge >= 0.3 is 0 Å². The number of carbonyl (C=O) groups excluding carboxylic acids is 1. The first-order valence-electron chi connectivity index (χ1n) is 6.27. The highest BCUT2D eigenvalue weighted by Crippen LogP contribution is 2.29. The molecule has 17 heavy (non-hydrogen) atoms. The molecule has 2 rings (SSSR count). The molecule has 1 aliphatic rings. The highest BCUT2D eigenvalue weighted by atomic mass is 35.5. The molecule has 0 bridgehead atoms. The molecule has 1 heterocycles. The predicted octanol–water partition coefficient (Wildman–Crippen LogP) is 3.92. The molecule has 92 valence electrons. The van der Waals surface area contributed by atoms with Gasteiger partial charge in [0.25, 0.3) is 0 Å². The number of hydrogen-bond donors (Lipinski definition) is 0. The Labute approximate surface area is 108 Å². The van der Waals surface area contributed by atoms with Crippen LogP contribution in [0.4, 0.5) is 5.69 Å². The highest BCUT2D eigenvalue weighted by molar-refractivity contribution is 6.33. The van der Waals surface area contributed by atoms with Crippen LogP contribution in [0.15, 0.2) is 18.2 Å². The second-order valence-corrected chi connectivity index (χ2v) is 4.98. The molecule has 0 spiro atoms. The van der Waals surface area contributed by atoms with E-state index in [4.69, 9.17) is 11.6 Å². The van der Waals surface area contributed by atoms with Gasteiger partial charge in [0.1, 0.15) is 0 Å². The fourth-order valence-electron chi connectivity index (χ4n) is 2.56. The van der Waals surface area contributed by atoms with Gasteiger partial charge in [-0.3, -0.25) is 4.79 Å². The summed E-state index contributed by atoms with van der Waals surface area (Å²) in [4.78, 5) is 13.2. The number of benzene rings is 1. The van der Waals surface area contributed by atoms with Gasteiger partial charge in [0, 0.05) is 23.8 Å². The van der Waals surface area contributed by atoms with Crippen molar-refractivity contribution in [1.29, 1.82) is 0 Å². The summed E-state index contributed by atoms with van der Waals surface area (Å²) < 4.78 is 0. The second kappa shape index (κ2) is 5.54. The molecule has 0 amide bonds. The van der Waals surface area contributed by atoms with E-state index in [1.54, 1.807) is 0 Å². The molecule has 1 aliphatic heterocycles. The molecule has 0 saturated carbocycles. The number of carbonyl (C=O) groups is 1. The molecule has 0 radical (unpaired) electrons. The largest absolute Gasteiger partial charge is 0.369 e. The van der Waals surface area contributed by atoms with Crippen molar-refractivity contribution in [1.82, 2.24) is 0 Å². The Morgan fingerprint density at radius 1 is 1.47 bits per heavy atom. The van der Waals surface area contributed by atoms with E-state index in [1.165, 1.54) is 19.3 Å². The van der Waals surface area contributed by atoms with Gasteiger partial charge in [0.15, 0.2) is 6.29 Å². The minimum Gasteiger partial charge on any atom is -0.369 e. The second-order valence-electron chi connectivity index (χ2n) is 4.57. The zero-order valence-corrected chi connectivity index (χ0v) is 10.9. The van der Waals surface area contributed by atoms with Crippen molar-refractivity contribution in [2.24, 2.45) is 0 Å². The predicted molar refractivity (Wildman–Crippen MR) is 72.1 cm³/mol. The van der Waals surface area contributed by atoms with Crippen LogP contribution in [0.1, 0.15) is 43.0 Å². The normalized spacial score (nSPS) is 20.4. The zero-order valence-electron chi connectivity index (χ0n) is 10.2. The van der Waals surface area contributed by atoms with E-state index in [0.29, 0.717) is 16.6 Å². The molecule has 0 N–H and O–H groups in total. The summed E-state index contributed by atoms with van der Waals surface area (Å²) >= 11 is 6.08. The lowest BCUT2D eigenvalue weighted by Gasteiger charge is -2.37. The van der Waals surface area contributed by atoms with E-state index in [9.17, 15) is 4.79 Å². The molecule has 3 heteroatoms. The summed E-state index contributed by atoms with van der Waals surface area (Å²) in [7, 11) is 0. The fourth-order valence-corrected chi connectivity index (χ4v) is 2.77. The smallest absolute Gasteiger partial charge is 0.151 e. The lowest BCUT2D eigenvalue weighted by atomic mass is 9.99. The number of aldehydes is 1. The molecule has 1 unspecified atom stereocenters. The van der Waals surface area contributed by atoms with E-state index in [-0.39, 0.29) is 0 Å². The van der Waals surface area contributed by atoms with Gasteiger partial charge in [-0.05, 0) is 43.9 Å². The summed E-state index contributed by atoms with van der Waals surface area (Å²) in [6.07, 6.45) is 5.77. The SMILES string of the molecule is CCC1CCCCN1c1ccc(C=O)c(Cl)c1. The number of anilines is 1. The fraction of sp³-hybridized carbons (Fsp3) is 0.500. The van der Waals surface area contributed by atoms with Crippen LogP contribution >= 0.6 is 11.6 Å². The van der Waals surface area contributed by atoms with Crippen LogP contribution in [0.5, 0.6) is 0 Å². The Morgan fingerprint density at radius 2 is 2.29 bits per heavy atom. The van der Waals surface area contributed by atoms with Crippen LogP contribution < -0.4 is 4.90 Å². The van der Waals surface area contributed by atoms with Gasteiger partial charge in [0.2, 0.25) is 0 Å². The highest BCUT2D eigenvalue weighted by Gasteiger charge is 2.21. The summed E-state index contributed by atoms with van der Waals surface area (Å²) in [5.41, 5.74) is 1.72.